The maximum atomic E-state index is 13.0. The van der Waals surface area contributed by atoms with Gasteiger partial charge in [-0.05, 0) is 42.2 Å². The van der Waals surface area contributed by atoms with Gasteiger partial charge >= 0.3 is 0 Å². The molecule has 1 unspecified atom stereocenters. The monoisotopic (exact) mass is 389 g/mol. The number of nitrogens with zero attached hydrogens (tertiary/aromatic N) is 2. The lowest BCUT2D eigenvalue weighted by atomic mass is 9.95. The molecule has 148 valence electrons. The van der Waals surface area contributed by atoms with E-state index in [9.17, 15) is 9.59 Å². The average Bonchev–Trinajstić information content (AvgIpc) is 3.42. The van der Waals surface area contributed by atoms with Crippen molar-refractivity contribution in [2.24, 2.45) is 5.92 Å². The number of hydrogen-bond donors (Lipinski definition) is 3. The number of rotatable bonds is 3. The van der Waals surface area contributed by atoms with Gasteiger partial charge in [-0.2, -0.15) is 5.10 Å². The van der Waals surface area contributed by atoms with E-state index in [1.165, 1.54) is 11.1 Å². The first kappa shape index (κ1) is 17.9. The maximum Gasteiger partial charge on any atom is 0.240 e. The maximum absolute atomic E-state index is 13.0. The number of amides is 2. The van der Waals surface area contributed by atoms with E-state index < -0.39 is 0 Å². The van der Waals surface area contributed by atoms with Crippen molar-refractivity contribution in [3.8, 4) is 0 Å². The van der Waals surface area contributed by atoms with Gasteiger partial charge in [0.1, 0.15) is 0 Å². The van der Waals surface area contributed by atoms with Gasteiger partial charge < -0.3 is 15.5 Å². The summed E-state index contributed by atoms with van der Waals surface area (Å²) in [5.74, 6) is -0.130. The van der Waals surface area contributed by atoms with Crippen LogP contribution in [0.5, 0.6) is 0 Å². The van der Waals surface area contributed by atoms with Crippen LogP contribution in [0.25, 0.3) is 10.9 Å². The second-order valence-corrected chi connectivity index (χ2v) is 7.84. The molecule has 7 heteroatoms. The smallest absolute Gasteiger partial charge is 0.240 e. The summed E-state index contributed by atoms with van der Waals surface area (Å²) in [5.41, 5.74) is 4.17. The summed E-state index contributed by atoms with van der Waals surface area (Å²) in [4.78, 5) is 27.5. The largest absolute Gasteiger partial charge is 0.341 e. The first-order valence-electron chi connectivity index (χ1n) is 10.0. The first-order chi connectivity index (χ1) is 14.2. The fourth-order valence-electron chi connectivity index (χ4n) is 4.29. The van der Waals surface area contributed by atoms with Crippen molar-refractivity contribution < 1.29 is 9.59 Å². The van der Waals surface area contributed by atoms with Crippen LogP contribution in [0.4, 0.5) is 5.69 Å². The summed E-state index contributed by atoms with van der Waals surface area (Å²) in [6.45, 7) is 1.80. The van der Waals surface area contributed by atoms with Crippen LogP contribution in [-0.4, -0.2) is 46.0 Å². The van der Waals surface area contributed by atoms with E-state index in [0.29, 0.717) is 32.5 Å². The van der Waals surface area contributed by atoms with Gasteiger partial charge in [-0.1, -0.05) is 24.3 Å². The van der Waals surface area contributed by atoms with Crippen LogP contribution in [0, 0.1) is 5.92 Å². The van der Waals surface area contributed by atoms with E-state index in [4.69, 9.17) is 0 Å². The van der Waals surface area contributed by atoms with Gasteiger partial charge in [0.05, 0.1) is 23.7 Å². The molecule has 1 aromatic heterocycles. The summed E-state index contributed by atoms with van der Waals surface area (Å²) in [6, 6.07) is 13.7. The highest BCUT2D eigenvalue weighted by Gasteiger charge is 2.35. The number of benzene rings is 2. The topological polar surface area (TPSA) is 90.1 Å². The number of H-pyrrole nitrogens is 1. The fraction of sp³-hybridized carbons (Fsp3) is 0.318. The van der Waals surface area contributed by atoms with Crippen LogP contribution in [-0.2, 0) is 22.6 Å². The van der Waals surface area contributed by atoms with Gasteiger partial charge in [0, 0.05) is 30.7 Å². The molecule has 2 aliphatic rings. The lowest BCUT2D eigenvalue weighted by Gasteiger charge is -2.29. The fourth-order valence-corrected chi connectivity index (χ4v) is 4.29. The highest BCUT2D eigenvalue weighted by molar-refractivity contribution is 5.95. The van der Waals surface area contributed by atoms with Crippen molar-refractivity contribution in [2.75, 3.05) is 18.4 Å². The standard InChI is InChI=1S/C22H23N5O2/c28-21(25-18-5-6-19-17(9-18)12-24-26-19)16-7-8-27(13-16)22(29)20-10-14-3-1-2-4-15(14)11-23-20/h1-6,9,12,16,20,23H,7-8,10-11,13H2,(H,24,26)(H,25,28)/t16?,20-/m0/s1. The molecular weight excluding hydrogens is 366 g/mol. The van der Waals surface area contributed by atoms with Crippen molar-refractivity contribution in [3.05, 3.63) is 59.8 Å². The summed E-state index contributed by atoms with van der Waals surface area (Å²) in [6.07, 6.45) is 3.12. The third kappa shape index (κ3) is 3.49. The van der Waals surface area contributed by atoms with E-state index in [1.807, 2.05) is 35.2 Å². The van der Waals surface area contributed by atoms with E-state index in [1.54, 1.807) is 6.20 Å². The Balaban J connectivity index is 1.20. The lowest BCUT2D eigenvalue weighted by molar-refractivity contribution is -0.132. The molecule has 0 aliphatic carbocycles. The molecule has 2 aliphatic heterocycles. The van der Waals surface area contributed by atoms with Crippen molar-refractivity contribution in [3.63, 3.8) is 0 Å². The number of hydrogen-bond acceptors (Lipinski definition) is 4. The molecule has 29 heavy (non-hydrogen) atoms. The Morgan fingerprint density at radius 1 is 1.14 bits per heavy atom. The van der Waals surface area contributed by atoms with Crippen LogP contribution in [0.3, 0.4) is 0 Å². The molecule has 1 saturated heterocycles. The number of anilines is 1. The van der Waals surface area contributed by atoms with E-state index >= 15 is 0 Å². The number of nitrogens with one attached hydrogen (secondary N) is 3. The van der Waals surface area contributed by atoms with E-state index in [-0.39, 0.29) is 23.8 Å². The Bertz CT molecular complexity index is 1080. The van der Waals surface area contributed by atoms with Crippen LogP contribution < -0.4 is 10.6 Å². The molecule has 3 N–H and O–H groups in total. The van der Waals surface area contributed by atoms with Crippen molar-refractivity contribution in [1.29, 1.82) is 0 Å². The van der Waals surface area contributed by atoms with Gasteiger partial charge in [-0.15, -0.1) is 0 Å². The van der Waals surface area contributed by atoms with Crippen molar-refractivity contribution >= 4 is 28.4 Å². The molecule has 3 aromatic rings. The lowest BCUT2D eigenvalue weighted by Crippen LogP contribution is -2.49. The molecule has 3 heterocycles. The second-order valence-electron chi connectivity index (χ2n) is 7.84. The Hall–Kier alpha value is -3.19. The molecule has 2 aromatic carbocycles. The molecule has 5 rings (SSSR count). The minimum atomic E-state index is -0.213. The third-order valence-electron chi connectivity index (χ3n) is 5.96. The number of likely N-dealkylation sites (tertiary alicyclic amines) is 1. The van der Waals surface area contributed by atoms with Crippen molar-refractivity contribution in [1.82, 2.24) is 20.4 Å². The van der Waals surface area contributed by atoms with Crippen LogP contribution in [0.1, 0.15) is 17.5 Å². The van der Waals surface area contributed by atoms with Gasteiger partial charge in [0.2, 0.25) is 11.8 Å². The minimum Gasteiger partial charge on any atom is -0.341 e. The zero-order valence-electron chi connectivity index (χ0n) is 16.0. The second kappa shape index (κ2) is 7.33. The van der Waals surface area contributed by atoms with Crippen LogP contribution in [0.15, 0.2) is 48.7 Å². The zero-order valence-corrected chi connectivity index (χ0v) is 16.0. The molecule has 0 saturated carbocycles. The quantitative estimate of drug-likeness (QED) is 0.640. The highest BCUT2D eigenvalue weighted by Crippen LogP contribution is 2.23. The normalized spacial score (nSPS) is 21.2. The molecule has 0 bridgehead atoms. The average molecular weight is 389 g/mol. The molecular formula is C22H23N5O2. The van der Waals surface area contributed by atoms with E-state index in [0.717, 1.165) is 16.6 Å². The van der Waals surface area contributed by atoms with Gasteiger partial charge in [-0.3, -0.25) is 14.7 Å². The zero-order chi connectivity index (χ0) is 19.8. The summed E-state index contributed by atoms with van der Waals surface area (Å²) < 4.78 is 0. The first-order valence-corrected chi connectivity index (χ1v) is 10.0. The molecule has 1 fully saturated rings. The Morgan fingerprint density at radius 2 is 2.00 bits per heavy atom. The molecule has 2 amide bonds. The predicted molar refractivity (Wildman–Crippen MR) is 110 cm³/mol. The molecule has 2 atom stereocenters. The van der Waals surface area contributed by atoms with Gasteiger partial charge in [0.25, 0.3) is 0 Å². The summed E-state index contributed by atoms with van der Waals surface area (Å²) in [5, 5.41) is 14.2. The Morgan fingerprint density at radius 3 is 2.90 bits per heavy atom. The molecule has 7 nitrogen and oxygen atoms in total. The predicted octanol–water partition coefficient (Wildman–Crippen LogP) is 2.06. The minimum absolute atomic E-state index is 0.0370. The summed E-state index contributed by atoms with van der Waals surface area (Å²) in [7, 11) is 0. The number of aromatic nitrogens is 2. The van der Waals surface area contributed by atoms with E-state index in [2.05, 4.69) is 33.0 Å². The van der Waals surface area contributed by atoms with Crippen molar-refractivity contribution in [2.45, 2.75) is 25.4 Å². The number of carbonyl (C=O) groups is 2. The highest BCUT2D eigenvalue weighted by atomic mass is 16.2. The third-order valence-corrected chi connectivity index (χ3v) is 5.96. The summed E-state index contributed by atoms with van der Waals surface area (Å²) >= 11 is 0. The SMILES string of the molecule is O=C(Nc1ccc2[nH]ncc2c1)C1CCN(C(=O)[C@@H]2Cc3ccccc3CN2)C1. The number of aromatic amines is 1. The molecule has 0 spiro atoms. The van der Waals surface area contributed by atoms with Gasteiger partial charge in [-0.25, -0.2) is 0 Å². The number of carbonyl (C=O) groups excluding carboxylic acids is 2. The van der Waals surface area contributed by atoms with Crippen LogP contribution >= 0.6 is 0 Å². The Kier molecular flexibility index (Phi) is 4.52. The van der Waals surface area contributed by atoms with Gasteiger partial charge in [0.15, 0.2) is 0 Å². The van der Waals surface area contributed by atoms with Crippen LogP contribution in [0.2, 0.25) is 0 Å². The molecule has 0 radical (unpaired) electrons. The number of fused-ring (bicyclic) bond motifs is 2. The Labute approximate surface area is 168 Å².